The third-order valence-electron chi connectivity index (χ3n) is 3.02. The summed E-state index contributed by atoms with van der Waals surface area (Å²) in [4.78, 5) is 11.5. The van der Waals surface area contributed by atoms with Crippen LogP contribution < -0.4 is 11.1 Å². The Morgan fingerprint density at radius 3 is 2.72 bits per heavy atom. The van der Waals surface area contributed by atoms with Crippen molar-refractivity contribution in [2.45, 2.75) is 18.9 Å². The second-order valence-corrected chi connectivity index (χ2v) is 4.65. The molecule has 96 valence electrons. The number of nitrogen functional groups attached to an aromatic ring is 1. The Morgan fingerprint density at radius 1 is 1.44 bits per heavy atom. The zero-order valence-electron chi connectivity index (χ0n) is 10.2. The van der Waals surface area contributed by atoms with E-state index in [1.165, 1.54) is 6.08 Å². The van der Waals surface area contributed by atoms with Crippen LogP contribution in [0.25, 0.3) is 6.08 Å². The van der Waals surface area contributed by atoms with Crippen LogP contribution in [0, 0.1) is 5.92 Å². The SMILES string of the molecule is Nc1ccc(/C=C/C(=O)NCC(O)C2CC2)cc1. The van der Waals surface area contributed by atoms with E-state index >= 15 is 0 Å². The number of nitrogens with two attached hydrogens (primary N) is 1. The van der Waals surface area contributed by atoms with Crippen LogP contribution >= 0.6 is 0 Å². The highest BCUT2D eigenvalue weighted by Gasteiger charge is 2.29. The molecule has 0 radical (unpaired) electrons. The number of carbonyl (C=O) groups excluding carboxylic acids is 1. The molecule has 0 aromatic heterocycles. The fourth-order valence-corrected chi connectivity index (χ4v) is 1.69. The Labute approximate surface area is 107 Å². The summed E-state index contributed by atoms with van der Waals surface area (Å²) >= 11 is 0. The van der Waals surface area contributed by atoms with Gasteiger partial charge in [-0.05, 0) is 42.5 Å². The Hall–Kier alpha value is -1.81. The smallest absolute Gasteiger partial charge is 0.244 e. The van der Waals surface area contributed by atoms with E-state index < -0.39 is 6.10 Å². The number of benzene rings is 1. The molecule has 18 heavy (non-hydrogen) atoms. The van der Waals surface area contributed by atoms with Crippen molar-refractivity contribution in [2.24, 2.45) is 5.92 Å². The maximum absolute atomic E-state index is 11.5. The highest BCUT2D eigenvalue weighted by Crippen LogP contribution is 2.32. The number of nitrogens with one attached hydrogen (secondary N) is 1. The average molecular weight is 246 g/mol. The fourth-order valence-electron chi connectivity index (χ4n) is 1.69. The van der Waals surface area contributed by atoms with E-state index in [0.29, 0.717) is 18.2 Å². The van der Waals surface area contributed by atoms with Crippen LogP contribution in [-0.4, -0.2) is 23.7 Å². The van der Waals surface area contributed by atoms with Crippen LogP contribution in [0.5, 0.6) is 0 Å². The second kappa shape index (κ2) is 5.69. The molecule has 0 spiro atoms. The zero-order chi connectivity index (χ0) is 13.0. The molecular weight excluding hydrogens is 228 g/mol. The van der Waals surface area contributed by atoms with E-state index in [2.05, 4.69) is 5.32 Å². The Morgan fingerprint density at radius 2 is 2.11 bits per heavy atom. The highest BCUT2D eigenvalue weighted by molar-refractivity contribution is 5.91. The second-order valence-electron chi connectivity index (χ2n) is 4.65. The summed E-state index contributed by atoms with van der Waals surface area (Å²) in [6.45, 7) is 0.329. The first-order valence-corrected chi connectivity index (χ1v) is 6.14. The molecule has 4 N–H and O–H groups in total. The minimum atomic E-state index is -0.404. The third-order valence-corrected chi connectivity index (χ3v) is 3.02. The van der Waals surface area contributed by atoms with Crippen LogP contribution in [0.3, 0.4) is 0 Å². The molecule has 1 fully saturated rings. The molecule has 4 heteroatoms. The van der Waals surface area contributed by atoms with Gasteiger partial charge in [-0.3, -0.25) is 4.79 Å². The molecule has 1 aromatic rings. The van der Waals surface area contributed by atoms with Gasteiger partial charge >= 0.3 is 0 Å². The first-order chi connectivity index (χ1) is 8.65. The van der Waals surface area contributed by atoms with Crippen LogP contribution in [-0.2, 0) is 4.79 Å². The lowest BCUT2D eigenvalue weighted by molar-refractivity contribution is -0.116. The highest BCUT2D eigenvalue weighted by atomic mass is 16.3. The molecule has 1 unspecified atom stereocenters. The summed E-state index contributed by atoms with van der Waals surface area (Å²) in [5.74, 6) is 0.193. The van der Waals surface area contributed by atoms with Crippen molar-refractivity contribution < 1.29 is 9.90 Å². The topological polar surface area (TPSA) is 75.4 Å². The van der Waals surface area contributed by atoms with E-state index in [1.807, 2.05) is 12.1 Å². The first kappa shape index (κ1) is 12.6. The number of rotatable bonds is 5. The lowest BCUT2D eigenvalue weighted by Gasteiger charge is -2.08. The number of hydrogen-bond donors (Lipinski definition) is 3. The molecule has 0 heterocycles. The van der Waals surface area contributed by atoms with E-state index in [0.717, 1.165) is 18.4 Å². The summed E-state index contributed by atoms with van der Waals surface area (Å²) in [5, 5.41) is 12.3. The van der Waals surface area contributed by atoms with E-state index in [9.17, 15) is 9.90 Å². The fraction of sp³-hybridized carbons (Fsp3) is 0.357. The number of aliphatic hydroxyl groups is 1. The van der Waals surface area contributed by atoms with Crippen molar-refractivity contribution in [1.29, 1.82) is 0 Å². The van der Waals surface area contributed by atoms with Gasteiger partial charge in [-0.1, -0.05) is 12.1 Å². The first-order valence-electron chi connectivity index (χ1n) is 6.14. The number of hydrogen-bond acceptors (Lipinski definition) is 3. The van der Waals surface area contributed by atoms with Crippen LogP contribution in [0.4, 0.5) is 5.69 Å². The average Bonchev–Trinajstić information content (AvgIpc) is 3.19. The zero-order valence-corrected chi connectivity index (χ0v) is 10.2. The molecule has 4 nitrogen and oxygen atoms in total. The van der Waals surface area contributed by atoms with Crippen molar-refractivity contribution in [3.8, 4) is 0 Å². The van der Waals surface area contributed by atoms with Crippen molar-refractivity contribution >= 4 is 17.7 Å². The van der Waals surface area contributed by atoms with E-state index in [1.54, 1.807) is 18.2 Å². The lowest BCUT2D eigenvalue weighted by atomic mass is 10.2. The van der Waals surface area contributed by atoms with Gasteiger partial charge in [-0.15, -0.1) is 0 Å². The Kier molecular flexibility index (Phi) is 3.99. The Balaban J connectivity index is 1.77. The molecule has 0 bridgehead atoms. The van der Waals surface area contributed by atoms with Gasteiger partial charge in [0.1, 0.15) is 0 Å². The largest absolute Gasteiger partial charge is 0.399 e. The predicted octanol–water partition coefficient (Wildman–Crippen LogP) is 1.17. The predicted molar refractivity (Wildman–Crippen MR) is 71.6 cm³/mol. The monoisotopic (exact) mass is 246 g/mol. The summed E-state index contributed by atoms with van der Waals surface area (Å²) < 4.78 is 0. The minimum absolute atomic E-state index is 0.188. The molecule has 1 aliphatic carbocycles. The van der Waals surface area contributed by atoms with Gasteiger partial charge in [0.05, 0.1) is 6.10 Å². The number of aliphatic hydroxyl groups excluding tert-OH is 1. The van der Waals surface area contributed by atoms with Crippen LogP contribution in [0.15, 0.2) is 30.3 Å². The third kappa shape index (κ3) is 3.89. The van der Waals surface area contributed by atoms with Gasteiger partial charge < -0.3 is 16.2 Å². The van der Waals surface area contributed by atoms with Crippen LogP contribution in [0.1, 0.15) is 18.4 Å². The van der Waals surface area contributed by atoms with E-state index in [-0.39, 0.29) is 5.91 Å². The molecule has 0 saturated heterocycles. The molecular formula is C14H18N2O2. The molecule has 1 amide bonds. The van der Waals surface area contributed by atoms with Gasteiger partial charge in [-0.25, -0.2) is 0 Å². The van der Waals surface area contributed by atoms with Gasteiger partial charge in [0, 0.05) is 18.3 Å². The summed E-state index contributed by atoms with van der Waals surface area (Å²) in [7, 11) is 0. The van der Waals surface area contributed by atoms with Crippen molar-refractivity contribution in [2.75, 3.05) is 12.3 Å². The number of amides is 1. The molecule has 1 saturated carbocycles. The van der Waals surface area contributed by atoms with Gasteiger partial charge in [0.15, 0.2) is 0 Å². The quantitative estimate of drug-likeness (QED) is 0.539. The standard InChI is InChI=1S/C14H18N2O2/c15-12-6-1-10(2-7-12)3-8-14(18)16-9-13(17)11-4-5-11/h1-3,6-8,11,13,17H,4-5,9,15H2,(H,16,18)/b8-3+. The molecule has 0 aliphatic heterocycles. The van der Waals surface area contributed by atoms with Crippen LogP contribution in [0.2, 0.25) is 0 Å². The summed E-state index contributed by atoms with van der Waals surface area (Å²) in [6.07, 6.45) is 4.92. The van der Waals surface area contributed by atoms with Gasteiger partial charge in [0.2, 0.25) is 5.91 Å². The maximum atomic E-state index is 11.5. The van der Waals surface area contributed by atoms with Crippen molar-refractivity contribution in [3.05, 3.63) is 35.9 Å². The molecule has 1 aromatic carbocycles. The number of carbonyl (C=O) groups is 1. The number of anilines is 1. The molecule has 1 atom stereocenters. The van der Waals surface area contributed by atoms with Gasteiger partial charge in [0.25, 0.3) is 0 Å². The Bertz CT molecular complexity index is 436. The maximum Gasteiger partial charge on any atom is 0.244 e. The molecule has 2 rings (SSSR count). The molecule has 1 aliphatic rings. The minimum Gasteiger partial charge on any atom is -0.399 e. The normalized spacial score (nSPS) is 16.7. The van der Waals surface area contributed by atoms with Crippen molar-refractivity contribution in [3.63, 3.8) is 0 Å². The summed E-state index contributed by atoms with van der Waals surface area (Å²) in [5.41, 5.74) is 7.18. The van der Waals surface area contributed by atoms with Gasteiger partial charge in [-0.2, -0.15) is 0 Å². The summed E-state index contributed by atoms with van der Waals surface area (Å²) in [6, 6.07) is 7.26. The van der Waals surface area contributed by atoms with Crippen molar-refractivity contribution in [1.82, 2.24) is 5.32 Å². The lowest BCUT2D eigenvalue weighted by Crippen LogP contribution is -2.31. The van der Waals surface area contributed by atoms with E-state index in [4.69, 9.17) is 5.73 Å².